The molecular weight excluding hydrogens is 1020 g/mol. The number of hydrogen-bond acceptors (Lipinski definition) is 5. The van der Waals surface area contributed by atoms with E-state index < -0.39 is 34.6 Å². The molecule has 378 valence electrons. The van der Waals surface area contributed by atoms with Crippen molar-refractivity contribution in [3.63, 3.8) is 0 Å². The van der Waals surface area contributed by atoms with E-state index in [0.717, 1.165) is 0 Å². The number of nitriles is 5. The van der Waals surface area contributed by atoms with Gasteiger partial charge in [0.25, 0.3) is 0 Å². The Morgan fingerprint density at radius 2 is 0.588 bits per heavy atom. The van der Waals surface area contributed by atoms with Crippen molar-refractivity contribution in [2.45, 2.75) is 12.4 Å². The molecule has 10 aromatic carbocycles. The normalized spacial score (nSPS) is 11.6. The summed E-state index contributed by atoms with van der Waals surface area (Å²) in [4.78, 5) is 0. The second-order valence-electron chi connectivity index (χ2n) is 19.0. The molecule has 0 saturated carbocycles. The van der Waals surface area contributed by atoms with Crippen LogP contribution in [0.2, 0.25) is 0 Å². The van der Waals surface area contributed by atoms with E-state index in [0.29, 0.717) is 129 Å². The van der Waals surface area contributed by atoms with Crippen molar-refractivity contribution in [1.29, 1.82) is 26.3 Å². The molecule has 0 radical (unpaired) electrons. The zero-order valence-electron chi connectivity index (χ0n) is 41.5. The van der Waals surface area contributed by atoms with Gasteiger partial charge in [0.1, 0.15) is 11.6 Å². The molecule has 2 aromatic heterocycles. The second-order valence-corrected chi connectivity index (χ2v) is 19.0. The maximum atomic E-state index is 15.4. The Morgan fingerprint density at radius 3 is 0.850 bits per heavy atom. The van der Waals surface area contributed by atoms with Crippen LogP contribution in [0, 0.1) is 56.7 Å². The minimum Gasteiger partial charge on any atom is -0.308 e. The summed E-state index contributed by atoms with van der Waals surface area (Å²) in [5.41, 5.74) is 3.01. The van der Waals surface area contributed by atoms with Crippen molar-refractivity contribution in [3.8, 4) is 97.4 Å². The first kappa shape index (κ1) is 49.7. The lowest BCUT2D eigenvalue weighted by Crippen LogP contribution is -2.15. The molecule has 12 aromatic rings. The van der Waals surface area contributed by atoms with Gasteiger partial charge in [0.15, 0.2) is 0 Å². The monoisotopic (exact) mass is 1050 g/mol. The zero-order valence-corrected chi connectivity index (χ0v) is 41.5. The van der Waals surface area contributed by atoms with Crippen molar-refractivity contribution >= 4 is 43.6 Å². The first-order valence-corrected chi connectivity index (χ1v) is 24.8. The highest BCUT2D eigenvalue weighted by Crippen LogP contribution is 2.49. The van der Waals surface area contributed by atoms with E-state index in [4.69, 9.17) is 0 Å². The standard InChI is InChI=1S/C67H33F6N7/c68-66(69,70)57-18-9-19-58(67(71,72)73)65(57)47-32-63(79-59-24-20-39(48-14-5-1-10-43(48)34-74)28-52(59)53-29-40(21-25-60(53)79)49-15-6-2-11-44(49)35-75)56(38-78)64(33-47)80-61-26-22-41(50-16-7-3-12-45(50)36-76)30-54(61)55-31-42(23-27-62(55)80)51-17-8-4-13-46(51)37-77/h1-33H. The number of alkyl halides is 6. The van der Waals surface area contributed by atoms with Crippen LogP contribution < -0.4 is 0 Å². The van der Waals surface area contributed by atoms with Gasteiger partial charge in [0, 0.05) is 27.1 Å². The van der Waals surface area contributed by atoms with Crippen molar-refractivity contribution in [1.82, 2.24) is 9.13 Å². The minimum atomic E-state index is -5.29. The molecule has 0 bridgehead atoms. The molecule has 0 fully saturated rings. The van der Waals surface area contributed by atoms with Gasteiger partial charge in [-0.15, -0.1) is 0 Å². The molecule has 0 aliphatic heterocycles. The Balaban J connectivity index is 1.25. The van der Waals surface area contributed by atoms with E-state index in [1.165, 1.54) is 12.1 Å². The third-order valence-corrected chi connectivity index (χ3v) is 14.6. The summed E-state index contributed by atoms with van der Waals surface area (Å²) in [6.07, 6.45) is -10.6. The third-order valence-electron chi connectivity index (χ3n) is 14.6. The molecule has 0 saturated heterocycles. The molecule has 0 amide bonds. The lowest BCUT2D eigenvalue weighted by Gasteiger charge is -2.22. The van der Waals surface area contributed by atoms with E-state index in [2.05, 4.69) is 30.3 Å². The summed E-state index contributed by atoms with van der Waals surface area (Å²) < 4.78 is 96.0. The minimum absolute atomic E-state index is 0.0606. The number of rotatable bonds is 7. The molecular formula is C67H33F6N7. The topological polar surface area (TPSA) is 129 Å². The van der Waals surface area contributed by atoms with E-state index >= 15 is 26.3 Å². The largest absolute Gasteiger partial charge is 0.417 e. The van der Waals surface area contributed by atoms with E-state index in [1.807, 2.05) is 24.3 Å². The van der Waals surface area contributed by atoms with Gasteiger partial charge in [-0.2, -0.15) is 52.7 Å². The van der Waals surface area contributed by atoms with Crippen molar-refractivity contribution in [2.24, 2.45) is 0 Å². The predicted molar refractivity (Wildman–Crippen MR) is 296 cm³/mol. The van der Waals surface area contributed by atoms with Crippen LogP contribution in [0.4, 0.5) is 26.3 Å². The maximum Gasteiger partial charge on any atom is 0.417 e. The van der Waals surface area contributed by atoms with Crippen LogP contribution in [-0.4, -0.2) is 9.13 Å². The molecule has 0 unspecified atom stereocenters. The van der Waals surface area contributed by atoms with E-state index in [1.54, 1.807) is 155 Å². The van der Waals surface area contributed by atoms with Crippen molar-refractivity contribution in [3.05, 3.63) is 239 Å². The number of benzene rings is 10. The quantitative estimate of drug-likeness (QED) is 0.147. The lowest BCUT2D eigenvalue weighted by molar-refractivity contribution is -0.142. The fraction of sp³-hybridized carbons (Fsp3) is 0.0299. The Hall–Kier alpha value is -11.2. The average molecular weight is 1050 g/mol. The summed E-state index contributed by atoms with van der Waals surface area (Å²) in [5.74, 6) is 0. The predicted octanol–water partition coefficient (Wildman–Crippen LogP) is 17.6. The Kier molecular flexibility index (Phi) is 11.9. The van der Waals surface area contributed by atoms with Gasteiger partial charge >= 0.3 is 12.4 Å². The molecule has 80 heavy (non-hydrogen) atoms. The molecule has 7 nitrogen and oxygen atoms in total. The summed E-state index contributed by atoms with van der Waals surface area (Å²) in [6.45, 7) is 0. The number of nitrogens with zero attached hydrogens (tertiary/aromatic N) is 7. The van der Waals surface area contributed by atoms with Gasteiger partial charge in [0.05, 0.1) is 91.1 Å². The number of hydrogen-bond donors (Lipinski definition) is 0. The SMILES string of the molecule is N#Cc1ccccc1-c1ccc2c(c1)c1cc(-c3ccccc3C#N)ccc1n2-c1cc(-c2c(C(F)(F)F)cccc2C(F)(F)F)cc(-n2c3ccc(-c4ccccc4C#N)cc3c3cc(-c4ccccc4C#N)ccc32)c1C#N. The smallest absolute Gasteiger partial charge is 0.308 e. The van der Waals surface area contributed by atoms with Gasteiger partial charge in [-0.3, -0.25) is 0 Å². The molecule has 0 N–H and O–H groups in total. The molecule has 13 heteroatoms. The molecule has 0 spiro atoms. The molecule has 0 aliphatic carbocycles. The third kappa shape index (κ3) is 8.12. The highest BCUT2D eigenvalue weighted by molar-refractivity contribution is 6.14. The number of fused-ring (bicyclic) bond motifs is 6. The highest BCUT2D eigenvalue weighted by Gasteiger charge is 2.41. The lowest BCUT2D eigenvalue weighted by atomic mass is 9.91. The van der Waals surface area contributed by atoms with Gasteiger partial charge in [-0.1, -0.05) is 103 Å². The van der Waals surface area contributed by atoms with Crippen LogP contribution in [0.25, 0.3) is 111 Å². The first-order chi connectivity index (χ1) is 38.7. The van der Waals surface area contributed by atoms with Crippen LogP contribution in [0.3, 0.4) is 0 Å². The average Bonchev–Trinajstić information content (AvgIpc) is 4.00. The highest BCUT2D eigenvalue weighted by atomic mass is 19.4. The van der Waals surface area contributed by atoms with Crippen molar-refractivity contribution < 1.29 is 26.3 Å². The fourth-order valence-corrected chi connectivity index (χ4v) is 11.1. The van der Waals surface area contributed by atoms with Gasteiger partial charge in [-0.05, 0) is 147 Å². The molecule has 2 heterocycles. The molecule has 0 atom stereocenters. The van der Waals surface area contributed by atoms with E-state index in [9.17, 15) is 26.3 Å². The Labute approximate surface area is 452 Å². The number of aromatic nitrogens is 2. The van der Waals surface area contributed by atoms with Gasteiger partial charge < -0.3 is 9.13 Å². The molecule has 0 aliphatic rings. The van der Waals surface area contributed by atoms with Crippen LogP contribution in [-0.2, 0) is 12.4 Å². The van der Waals surface area contributed by atoms with Crippen LogP contribution >= 0.6 is 0 Å². The first-order valence-electron chi connectivity index (χ1n) is 24.8. The summed E-state index contributed by atoms with van der Waals surface area (Å²) in [7, 11) is 0. The van der Waals surface area contributed by atoms with Gasteiger partial charge in [-0.25, -0.2) is 0 Å². The van der Waals surface area contributed by atoms with Crippen LogP contribution in [0.15, 0.2) is 200 Å². The second kappa shape index (κ2) is 19.1. The maximum absolute atomic E-state index is 15.4. The fourth-order valence-electron chi connectivity index (χ4n) is 11.1. The summed E-state index contributed by atoms with van der Waals surface area (Å²) in [6, 6.07) is 64.9. The Bertz CT molecular complexity index is 4310. The van der Waals surface area contributed by atoms with Gasteiger partial charge in [0.2, 0.25) is 0 Å². The molecule has 12 rings (SSSR count). The van der Waals surface area contributed by atoms with Crippen molar-refractivity contribution in [2.75, 3.05) is 0 Å². The van der Waals surface area contributed by atoms with E-state index in [-0.39, 0.29) is 16.9 Å². The van der Waals surface area contributed by atoms with Crippen LogP contribution in [0.5, 0.6) is 0 Å². The van der Waals surface area contributed by atoms with Crippen LogP contribution in [0.1, 0.15) is 38.9 Å². The Morgan fingerprint density at radius 1 is 0.300 bits per heavy atom. The zero-order chi connectivity index (χ0) is 55.6. The number of halogens is 6. The summed E-state index contributed by atoms with van der Waals surface area (Å²) in [5, 5.41) is 54.7. The summed E-state index contributed by atoms with van der Waals surface area (Å²) >= 11 is 0.